The molecule has 8 heteroatoms. The lowest BCUT2D eigenvalue weighted by molar-refractivity contribution is 0.102. The van der Waals surface area contributed by atoms with Crippen molar-refractivity contribution in [3.05, 3.63) is 58.7 Å². The predicted molar refractivity (Wildman–Crippen MR) is 95.1 cm³/mol. The van der Waals surface area contributed by atoms with Crippen LogP contribution in [-0.4, -0.2) is 27.6 Å². The molecule has 2 N–H and O–H groups in total. The minimum absolute atomic E-state index is 0.286. The molecule has 0 saturated heterocycles. The van der Waals surface area contributed by atoms with Gasteiger partial charge in [0.2, 0.25) is 5.88 Å². The highest BCUT2D eigenvalue weighted by molar-refractivity contribution is 6.06. The number of nitrogens with zero attached hydrogens (tertiary/aromatic N) is 2. The molecule has 0 aliphatic heterocycles. The van der Waals surface area contributed by atoms with Crippen LogP contribution in [0.2, 0.25) is 0 Å². The van der Waals surface area contributed by atoms with E-state index in [9.17, 15) is 9.59 Å². The van der Waals surface area contributed by atoms with Crippen LogP contribution in [0.4, 0.5) is 5.69 Å². The first-order valence-corrected chi connectivity index (χ1v) is 8.08. The molecular weight excluding hydrogens is 336 g/mol. The van der Waals surface area contributed by atoms with E-state index in [0.717, 1.165) is 0 Å². The van der Waals surface area contributed by atoms with Crippen molar-refractivity contribution in [1.29, 1.82) is 0 Å². The first kappa shape index (κ1) is 17.4. The molecule has 0 aliphatic rings. The summed E-state index contributed by atoms with van der Waals surface area (Å²) in [7, 11) is 0. The first-order valence-electron chi connectivity index (χ1n) is 8.08. The smallest absolute Gasteiger partial charge is 0.439 e. The number of anilines is 1. The van der Waals surface area contributed by atoms with Crippen molar-refractivity contribution in [2.75, 3.05) is 11.9 Å². The molecule has 2 aromatic heterocycles. The van der Waals surface area contributed by atoms with E-state index in [1.165, 1.54) is 0 Å². The van der Waals surface area contributed by atoms with Gasteiger partial charge in [0.05, 0.1) is 6.61 Å². The van der Waals surface area contributed by atoms with Crippen molar-refractivity contribution in [3.8, 4) is 17.3 Å². The SMILES string of the molecule is CC(C)COc1ncccc1C(=O)Nc1cccc(-c2noc(=O)[nH]2)c1. The van der Waals surface area contributed by atoms with Gasteiger partial charge in [0.1, 0.15) is 5.56 Å². The molecule has 1 aromatic carbocycles. The molecule has 134 valence electrons. The lowest BCUT2D eigenvalue weighted by Crippen LogP contribution is -2.15. The fourth-order valence-electron chi connectivity index (χ4n) is 2.22. The van der Waals surface area contributed by atoms with Gasteiger partial charge in [-0.25, -0.2) is 9.78 Å². The minimum atomic E-state index is -0.642. The van der Waals surface area contributed by atoms with Crippen molar-refractivity contribution in [2.24, 2.45) is 5.92 Å². The minimum Gasteiger partial charge on any atom is -0.477 e. The molecule has 3 rings (SSSR count). The van der Waals surface area contributed by atoms with Crippen LogP contribution < -0.4 is 15.8 Å². The maximum Gasteiger partial charge on any atom is 0.439 e. The molecule has 3 aromatic rings. The van der Waals surface area contributed by atoms with Crippen LogP contribution in [0.25, 0.3) is 11.4 Å². The Hall–Kier alpha value is -3.42. The summed E-state index contributed by atoms with van der Waals surface area (Å²) >= 11 is 0. The summed E-state index contributed by atoms with van der Waals surface area (Å²) in [6.45, 7) is 4.50. The number of aromatic nitrogens is 3. The third kappa shape index (κ3) is 4.15. The average molecular weight is 354 g/mol. The van der Waals surface area contributed by atoms with Crippen LogP contribution >= 0.6 is 0 Å². The Balaban J connectivity index is 1.79. The third-order valence-electron chi connectivity index (χ3n) is 3.40. The van der Waals surface area contributed by atoms with Crippen LogP contribution in [0.3, 0.4) is 0 Å². The van der Waals surface area contributed by atoms with Crippen molar-refractivity contribution in [3.63, 3.8) is 0 Å². The Kier molecular flexibility index (Phi) is 5.12. The topological polar surface area (TPSA) is 110 Å². The highest BCUT2D eigenvalue weighted by Gasteiger charge is 2.15. The summed E-state index contributed by atoms with van der Waals surface area (Å²) < 4.78 is 10.1. The molecule has 0 spiro atoms. The molecule has 0 atom stereocenters. The van der Waals surface area contributed by atoms with Gasteiger partial charge in [0.25, 0.3) is 5.91 Å². The number of nitrogens with one attached hydrogen (secondary N) is 2. The van der Waals surface area contributed by atoms with Gasteiger partial charge < -0.3 is 10.1 Å². The van der Waals surface area contributed by atoms with Crippen LogP contribution in [0.5, 0.6) is 5.88 Å². The number of hydrogen-bond donors (Lipinski definition) is 2. The number of rotatable bonds is 6. The van der Waals surface area contributed by atoms with E-state index in [4.69, 9.17) is 4.74 Å². The van der Waals surface area contributed by atoms with Gasteiger partial charge in [-0.15, -0.1) is 0 Å². The third-order valence-corrected chi connectivity index (χ3v) is 3.40. The van der Waals surface area contributed by atoms with E-state index in [0.29, 0.717) is 29.3 Å². The number of aromatic amines is 1. The molecule has 0 saturated carbocycles. The summed E-state index contributed by atoms with van der Waals surface area (Å²) in [4.78, 5) is 30.3. The van der Waals surface area contributed by atoms with Gasteiger partial charge >= 0.3 is 5.76 Å². The van der Waals surface area contributed by atoms with E-state index in [2.05, 4.69) is 25.0 Å². The molecule has 0 bridgehead atoms. The fourth-order valence-corrected chi connectivity index (χ4v) is 2.22. The molecule has 1 amide bonds. The number of carbonyl (C=O) groups is 1. The highest BCUT2D eigenvalue weighted by Crippen LogP contribution is 2.21. The molecule has 0 unspecified atom stereocenters. The first-order chi connectivity index (χ1) is 12.5. The number of carbonyl (C=O) groups excluding carboxylic acids is 1. The Labute approximate surface area is 149 Å². The molecule has 0 aliphatic carbocycles. The van der Waals surface area contributed by atoms with Crippen LogP contribution in [0, 0.1) is 5.92 Å². The van der Waals surface area contributed by atoms with E-state index in [1.807, 2.05) is 13.8 Å². The van der Waals surface area contributed by atoms with Gasteiger partial charge in [-0.2, -0.15) is 0 Å². The standard InChI is InChI=1S/C18H18N4O4/c1-11(2)10-25-17-14(7-4-8-19-17)16(23)20-13-6-3-5-12(9-13)15-21-18(24)26-22-15/h3-9,11H,10H2,1-2H3,(H,20,23)(H,21,22,24). The van der Waals surface area contributed by atoms with Gasteiger partial charge in [-0.05, 0) is 30.2 Å². The molecular formula is C18H18N4O4. The Bertz CT molecular complexity index is 961. The largest absolute Gasteiger partial charge is 0.477 e. The van der Waals surface area contributed by atoms with Crippen LogP contribution in [0.15, 0.2) is 51.9 Å². The van der Waals surface area contributed by atoms with Crippen molar-refractivity contribution < 1.29 is 14.1 Å². The summed E-state index contributed by atoms with van der Waals surface area (Å²) in [6, 6.07) is 10.2. The number of benzene rings is 1. The molecule has 0 fully saturated rings. The number of hydrogen-bond acceptors (Lipinski definition) is 6. The fraction of sp³-hybridized carbons (Fsp3) is 0.222. The average Bonchev–Trinajstić information content (AvgIpc) is 3.07. The lowest BCUT2D eigenvalue weighted by atomic mass is 10.2. The van der Waals surface area contributed by atoms with Gasteiger partial charge in [0.15, 0.2) is 5.82 Å². The molecule has 0 radical (unpaired) electrons. The maximum absolute atomic E-state index is 12.6. The summed E-state index contributed by atoms with van der Waals surface area (Å²) in [5, 5.41) is 6.43. The Morgan fingerprint density at radius 3 is 2.88 bits per heavy atom. The summed E-state index contributed by atoms with van der Waals surface area (Å²) in [5.74, 6) is -0.0993. The molecule has 26 heavy (non-hydrogen) atoms. The highest BCUT2D eigenvalue weighted by atomic mass is 16.5. The Morgan fingerprint density at radius 1 is 1.31 bits per heavy atom. The van der Waals surface area contributed by atoms with Crippen molar-refractivity contribution >= 4 is 11.6 Å². The van der Waals surface area contributed by atoms with Crippen LogP contribution in [-0.2, 0) is 0 Å². The number of H-pyrrole nitrogens is 1. The van der Waals surface area contributed by atoms with E-state index < -0.39 is 5.76 Å². The maximum atomic E-state index is 12.6. The lowest BCUT2D eigenvalue weighted by Gasteiger charge is -2.12. The van der Waals surface area contributed by atoms with Crippen molar-refractivity contribution in [2.45, 2.75) is 13.8 Å². The second-order valence-corrected chi connectivity index (χ2v) is 6.04. The van der Waals surface area contributed by atoms with Crippen molar-refractivity contribution in [1.82, 2.24) is 15.1 Å². The number of ether oxygens (including phenoxy) is 1. The normalized spacial score (nSPS) is 10.7. The molecule has 8 nitrogen and oxygen atoms in total. The molecule has 2 heterocycles. The van der Waals surface area contributed by atoms with Gasteiger partial charge in [-0.3, -0.25) is 14.3 Å². The van der Waals surface area contributed by atoms with Gasteiger partial charge in [-0.1, -0.05) is 31.1 Å². The zero-order valence-corrected chi connectivity index (χ0v) is 14.4. The van der Waals surface area contributed by atoms with Gasteiger partial charge in [0, 0.05) is 17.4 Å². The number of amides is 1. The second kappa shape index (κ2) is 7.64. The Morgan fingerprint density at radius 2 is 2.15 bits per heavy atom. The predicted octanol–water partition coefficient (Wildman–Crippen LogP) is 2.71. The monoisotopic (exact) mass is 354 g/mol. The van der Waals surface area contributed by atoms with E-state index in [1.54, 1.807) is 42.6 Å². The quantitative estimate of drug-likeness (QED) is 0.704. The second-order valence-electron chi connectivity index (χ2n) is 6.04. The van der Waals surface area contributed by atoms with Crippen LogP contribution in [0.1, 0.15) is 24.2 Å². The van der Waals surface area contributed by atoms with E-state index >= 15 is 0 Å². The summed E-state index contributed by atoms with van der Waals surface area (Å²) in [6.07, 6.45) is 1.58. The zero-order valence-electron chi connectivity index (χ0n) is 14.4. The van der Waals surface area contributed by atoms with E-state index in [-0.39, 0.29) is 17.6 Å². The summed E-state index contributed by atoms with van der Waals surface area (Å²) in [5.41, 5.74) is 1.49. The number of pyridine rings is 1. The zero-order chi connectivity index (χ0) is 18.5.